The van der Waals surface area contributed by atoms with E-state index in [1.54, 1.807) is 19.1 Å². The van der Waals surface area contributed by atoms with Crippen molar-refractivity contribution in [3.8, 4) is 17.2 Å². The van der Waals surface area contributed by atoms with Crippen molar-refractivity contribution in [1.82, 2.24) is 5.32 Å². The van der Waals surface area contributed by atoms with Crippen molar-refractivity contribution in [2.24, 2.45) is 0 Å². The summed E-state index contributed by atoms with van der Waals surface area (Å²) in [7, 11) is 0. The lowest BCUT2D eigenvalue weighted by Gasteiger charge is -2.28. The maximum atomic E-state index is 12.7. The summed E-state index contributed by atoms with van der Waals surface area (Å²) in [6.07, 6.45) is -8.41. The number of halogens is 6. The second-order valence-corrected chi connectivity index (χ2v) is 6.80. The molecular formula is C21H17F6NO3. The molecule has 1 heterocycles. The van der Waals surface area contributed by atoms with E-state index >= 15 is 0 Å². The number of rotatable bonds is 4. The minimum Gasteiger partial charge on any atom is -0.493 e. The van der Waals surface area contributed by atoms with Crippen LogP contribution in [0.2, 0.25) is 0 Å². The van der Waals surface area contributed by atoms with Crippen LogP contribution in [0.4, 0.5) is 26.3 Å². The van der Waals surface area contributed by atoms with Gasteiger partial charge in [-0.25, -0.2) is 0 Å². The van der Waals surface area contributed by atoms with Crippen molar-refractivity contribution in [3.05, 3.63) is 65.2 Å². The highest BCUT2D eigenvalue weighted by atomic mass is 19.4. The maximum absolute atomic E-state index is 12.7. The Kier molecular flexibility index (Phi) is 6.19. The van der Waals surface area contributed by atoms with Gasteiger partial charge in [-0.15, -0.1) is 0 Å². The molecule has 0 aliphatic carbocycles. The van der Waals surface area contributed by atoms with Crippen molar-refractivity contribution in [2.45, 2.75) is 31.7 Å². The molecule has 3 rings (SSSR count). The second kappa shape index (κ2) is 8.52. The lowest BCUT2D eigenvalue weighted by Crippen LogP contribution is -2.31. The Labute approximate surface area is 173 Å². The third-order valence-electron chi connectivity index (χ3n) is 4.56. The molecule has 1 amide bonds. The lowest BCUT2D eigenvalue weighted by molar-refractivity contribution is -0.137. The van der Waals surface area contributed by atoms with Crippen LogP contribution in [0, 0.1) is 6.92 Å². The first kappa shape index (κ1) is 22.5. The topological polar surface area (TPSA) is 47.6 Å². The van der Waals surface area contributed by atoms with Gasteiger partial charge < -0.3 is 14.8 Å². The molecule has 1 unspecified atom stereocenters. The first-order valence-corrected chi connectivity index (χ1v) is 9.12. The Morgan fingerprint density at radius 2 is 1.77 bits per heavy atom. The summed E-state index contributed by atoms with van der Waals surface area (Å²) in [5.74, 6) is 0.0372. The van der Waals surface area contributed by atoms with E-state index in [0.29, 0.717) is 35.1 Å². The molecule has 2 aromatic rings. The van der Waals surface area contributed by atoms with Crippen LogP contribution >= 0.6 is 0 Å². The van der Waals surface area contributed by atoms with Gasteiger partial charge in [0.15, 0.2) is 0 Å². The molecule has 1 aliphatic heterocycles. The van der Waals surface area contributed by atoms with E-state index < -0.39 is 29.9 Å². The Morgan fingerprint density at radius 3 is 2.39 bits per heavy atom. The average Bonchev–Trinajstić information content (AvgIpc) is 2.68. The number of benzene rings is 2. The zero-order valence-corrected chi connectivity index (χ0v) is 16.1. The molecule has 0 fully saturated rings. The zero-order chi connectivity index (χ0) is 22.8. The summed E-state index contributed by atoms with van der Waals surface area (Å²) < 4.78 is 86.1. The van der Waals surface area contributed by atoms with Gasteiger partial charge in [0.25, 0.3) is 0 Å². The van der Waals surface area contributed by atoms with Crippen molar-refractivity contribution >= 4 is 5.91 Å². The molecular weight excluding hydrogens is 428 g/mol. The van der Waals surface area contributed by atoms with Gasteiger partial charge in [0.2, 0.25) is 5.91 Å². The number of hydrogen-bond donors (Lipinski definition) is 1. The minimum atomic E-state index is -4.59. The summed E-state index contributed by atoms with van der Waals surface area (Å²) in [5, 5.41) is 2.51. The van der Waals surface area contributed by atoms with Gasteiger partial charge in [0.05, 0.1) is 18.2 Å². The first-order valence-electron chi connectivity index (χ1n) is 9.12. The summed E-state index contributed by atoms with van der Waals surface area (Å²) in [6.45, 7) is 1.89. The Morgan fingerprint density at radius 1 is 1.10 bits per heavy atom. The van der Waals surface area contributed by atoms with Crippen LogP contribution in [0.15, 0.2) is 48.6 Å². The first-order chi connectivity index (χ1) is 14.4. The van der Waals surface area contributed by atoms with Crippen LogP contribution < -0.4 is 14.8 Å². The summed E-state index contributed by atoms with van der Waals surface area (Å²) in [5.41, 5.74) is 0.308. The average molecular weight is 445 g/mol. The third-order valence-corrected chi connectivity index (χ3v) is 4.56. The van der Waals surface area contributed by atoms with Crippen molar-refractivity contribution in [2.75, 3.05) is 6.61 Å². The largest absolute Gasteiger partial charge is 0.493 e. The molecule has 0 spiro atoms. The number of fused-ring (bicyclic) bond motifs is 1. The number of hydrogen-bond acceptors (Lipinski definition) is 3. The maximum Gasteiger partial charge on any atom is 0.416 e. The van der Waals surface area contributed by atoms with Crippen molar-refractivity contribution in [1.29, 1.82) is 0 Å². The predicted octanol–water partition coefficient (Wildman–Crippen LogP) is 5.86. The highest BCUT2D eigenvalue weighted by Crippen LogP contribution is 2.40. The van der Waals surface area contributed by atoms with Crippen molar-refractivity contribution in [3.63, 3.8) is 0 Å². The number of allylic oxidation sites excluding steroid dienone is 1. The fourth-order valence-electron chi connectivity index (χ4n) is 3.08. The number of carbonyl (C=O) groups is 1. The molecule has 166 valence electrons. The van der Waals surface area contributed by atoms with Crippen LogP contribution in [-0.2, 0) is 11.0 Å². The number of nitrogens with one attached hydrogen (secondary N) is 1. The standard InChI is InChI=1S/C21H17F6NO3/c1-12-17(31-14-4-2-13(3-5-14)21(25,26)27)7-6-15-16(9-11-30-19(12)15)28-18(29)8-10-20(22,23)24/h2-8,10,16H,9,11H2,1H3,(H,28,29)/b10-8+. The van der Waals surface area contributed by atoms with Gasteiger partial charge in [0, 0.05) is 29.7 Å². The smallest absolute Gasteiger partial charge is 0.416 e. The van der Waals surface area contributed by atoms with Gasteiger partial charge in [-0.05, 0) is 43.3 Å². The van der Waals surface area contributed by atoms with Crippen LogP contribution in [0.3, 0.4) is 0 Å². The SMILES string of the molecule is Cc1c(Oc2ccc(C(F)(F)F)cc2)ccc2c1OCCC2NC(=O)/C=C/C(F)(F)F. The van der Waals surface area contributed by atoms with Gasteiger partial charge in [0.1, 0.15) is 17.2 Å². The quantitative estimate of drug-likeness (QED) is 0.474. The molecule has 31 heavy (non-hydrogen) atoms. The van der Waals surface area contributed by atoms with E-state index in [0.717, 1.165) is 12.1 Å². The lowest BCUT2D eigenvalue weighted by atomic mass is 9.97. The molecule has 1 aliphatic rings. The van der Waals surface area contributed by atoms with E-state index in [1.165, 1.54) is 12.1 Å². The number of alkyl halides is 6. The molecule has 0 aromatic heterocycles. The van der Waals surface area contributed by atoms with Crippen molar-refractivity contribution < 1.29 is 40.6 Å². The highest BCUT2D eigenvalue weighted by Gasteiger charge is 2.30. The summed E-state index contributed by atoms with van der Waals surface area (Å²) >= 11 is 0. The van der Waals surface area contributed by atoms with E-state index in [9.17, 15) is 31.1 Å². The molecule has 0 bridgehead atoms. The predicted molar refractivity (Wildman–Crippen MR) is 98.9 cm³/mol. The number of amides is 1. The molecule has 1 atom stereocenters. The van der Waals surface area contributed by atoms with Crippen LogP contribution in [0.5, 0.6) is 17.2 Å². The summed E-state index contributed by atoms with van der Waals surface area (Å²) in [6, 6.07) is 6.79. The molecule has 0 radical (unpaired) electrons. The van der Waals surface area contributed by atoms with Crippen LogP contribution in [-0.4, -0.2) is 18.7 Å². The Bertz CT molecular complexity index is 980. The van der Waals surface area contributed by atoms with E-state index in [2.05, 4.69) is 5.32 Å². The normalized spacial score (nSPS) is 16.5. The third kappa shape index (κ3) is 5.71. The highest BCUT2D eigenvalue weighted by molar-refractivity contribution is 5.88. The fraction of sp³-hybridized carbons (Fsp3) is 0.286. The van der Waals surface area contributed by atoms with Crippen LogP contribution in [0.1, 0.15) is 29.2 Å². The Hall–Kier alpha value is -3.17. The summed E-state index contributed by atoms with van der Waals surface area (Å²) in [4.78, 5) is 11.8. The second-order valence-electron chi connectivity index (χ2n) is 6.80. The van der Waals surface area contributed by atoms with Gasteiger partial charge in [-0.2, -0.15) is 26.3 Å². The molecule has 2 aromatic carbocycles. The number of carbonyl (C=O) groups excluding carboxylic acids is 1. The minimum absolute atomic E-state index is 0.144. The fourth-order valence-corrected chi connectivity index (χ4v) is 3.08. The number of ether oxygens (including phenoxy) is 2. The molecule has 0 saturated heterocycles. The van der Waals surface area contributed by atoms with E-state index in [-0.39, 0.29) is 18.4 Å². The Balaban J connectivity index is 1.77. The zero-order valence-electron chi connectivity index (χ0n) is 16.1. The monoisotopic (exact) mass is 445 g/mol. The van der Waals surface area contributed by atoms with Gasteiger partial charge >= 0.3 is 12.4 Å². The molecule has 10 heteroatoms. The van der Waals surface area contributed by atoms with Gasteiger partial charge in [-0.3, -0.25) is 4.79 Å². The van der Waals surface area contributed by atoms with E-state index in [1.807, 2.05) is 0 Å². The molecule has 1 N–H and O–H groups in total. The van der Waals surface area contributed by atoms with E-state index in [4.69, 9.17) is 9.47 Å². The molecule has 0 saturated carbocycles. The molecule has 4 nitrogen and oxygen atoms in total. The van der Waals surface area contributed by atoms with Crippen LogP contribution in [0.25, 0.3) is 0 Å². The van der Waals surface area contributed by atoms with Gasteiger partial charge in [-0.1, -0.05) is 0 Å².